The van der Waals surface area contributed by atoms with Crippen molar-refractivity contribution in [1.29, 1.82) is 0 Å². The van der Waals surface area contributed by atoms with Gasteiger partial charge in [0, 0.05) is 31.6 Å². The van der Waals surface area contributed by atoms with Crippen molar-refractivity contribution in [3.63, 3.8) is 0 Å². The molecule has 1 aromatic rings. The molecule has 4 nitrogen and oxygen atoms in total. The molecule has 1 aliphatic rings. The standard InChI is InChI=1S/C15H24N2O2S/c1-17(15-9-4-3-6-12(15)11-16)13-7-5-8-14(10-13)20(2,18)19/h3-4,6,9,13-14H,5,7-8,10-11,16H2,1-2H3. The smallest absolute Gasteiger partial charge is 0.150 e. The zero-order chi connectivity index (χ0) is 14.8. The van der Waals surface area contributed by atoms with E-state index in [1.54, 1.807) is 0 Å². The van der Waals surface area contributed by atoms with Gasteiger partial charge in [-0.1, -0.05) is 24.6 Å². The molecule has 5 heteroatoms. The van der Waals surface area contributed by atoms with Crippen LogP contribution in [0.3, 0.4) is 0 Å². The molecule has 0 aromatic heterocycles. The van der Waals surface area contributed by atoms with E-state index in [2.05, 4.69) is 11.0 Å². The highest BCUT2D eigenvalue weighted by Crippen LogP contribution is 2.30. The van der Waals surface area contributed by atoms with E-state index in [0.29, 0.717) is 13.0 Å². The number of hydrogen-bond donors (Lipinski definition) is 1. The third-order valence-corrected chi connectivity index (χ3v) is 5.98. The van der Waals surface area contributed by atoms with E-state index in [1.165, 1.54) is 6.26 Å². The Morgan fingerprint density at radius 2 is 2.00 bits per heavy atom. The van der Waals surface area contributed by atoms with Gasteiger partial charge >= 0.3 is 0 Å². The van der Waals surface area contributed by atoms with Crippen molar-refractivity contribution in [1.82, 2.24) is 0 Å². The summed E-state index contributed by atoms with van der Waals surface area (Å²) < 4.78 is 23.6. The van der Waals surface area contributed by atoms with Gasteiger partial charge in [0.2, 0.25) is 0 Å². The molecular weight excluding hydrogens is 272 g/mol. The average molecular weight is 296 g/mol. The van der Waals surface area contributed by atoms with Gasteiger partial charge in [-0.25, -0.2) is 8.42 Å². The van der Waals surface area contributed by atoms with E-state index in [-0.39, 0.29) is 11.3 Å². The monoisotopic (exact) mass is 296 g/mol. The summed E-state index contributed by atoms with van der Waals surface area (Å²) in [6.45, 7) is 0.503. The summed E-state index contributed by atoms with van der Waals surface area (Å²) in [4.78, 5) is 2.21. The highest BCUT2D eigenvalue weighted by molar-refractivity contribution is 7.91. The van der Waals surface area contributed by atoms with E-state index < -0.39 is 9.84 Å². The molecule has 1 saturated carbocycles. The van der Waals surface area contributed by atoms with E-state index in [1.807, 2.05) is 25.2 Å². The Kier molecular flexibility index (Phi) is 4.70. The van der Waals surface area contributed by atoms with Crippen LogP contribution in [-0.2, 0) is 16.4 Å². The van der Waals surface area contributed by atoms with Crippen molar-refractivity contribution in [2.75, 3.05) is 18.2 Å². The summed E-state index contributed by atoms with van der Waals surface area (Å²) >= 11 is 0. The number of para-hydroxylation sites is 1. The zero-order valence-electron chi connectivity index (χ0n) is 12.2. The van der Waals surface area contributed by atoms with Crippen LogP contribution in [0.5, 0.6) is 0 Å². The second kappa shape index (κ2) is 6.14. The summed E-state index contributed by atoms with van der Waals surface area (Å²) in [6, 6.07) is 8.35. The maximum Gasteiger partial charge on any atom is 0.150 e. The Hall–Kier alpha value is -1.07. The molecule has 0 spiro atoms. The molecule has 0 aliphatic heterocycles. The van der Waals surface area contributed by atoms with Crippen LogP contribution in [0.4, 0.5) is 5.69 Å². The summed E-state index contributed by atoms with van der Waals surface area (Å²) in [6.07, 6.45) is 4.88. The molecule has 1 aliphatic carbocycles. The quantitative estimate of drug-likeness (QED) is 0.922. The van der Waals surface area contributed by atoms with Gasteiger partial charge in [-0.3, -0.25) is 0 Å². The van der Waals surface area contributed by atoms with Gasteiger partial charge in [-0.15, -0.1) is 0 Å². The van der Waals surface area contributed by atoms with Crippen LogP contribution in [-0.4, -0.2) is 33.0 Å². The Morgan fingerprint density at radius 3 is 2.65 bits per heavy atom. The molecule has 112 valence electrons. The van der Waals surface area contributed by atoms with Crippen LogP contribution >= 0.6 is 0 Å². The van der Waals surface area contributed by atoms with Gasteiger partial charge < -0.3 is 10.6 Å². The molecule has 1 fully saturated rings. The second-order valence-corrected chi connectivity index (χ2v) is 8.04. The first-order valence-electron chi connectivity index (χ1n) is 7.13. The van der Waals surface area contributed by atoms with Crippen LogP contribution < -0.4 is 10.6 Å². The van der Waals surface area contributed by atoms with E-state index in [9.17, 15) is 8.42 Å². The van der Waals surface area contributed by atoms with Crippen molar-refractivity contribution in [2.45, 2.75) is 43.5 Å². The molecule has 0 bridgehead atoms. The van der Waals surface area contributed by atoms with Gasteiger partial charge in [0.05, 0.1) is 5.25 Å². The Bertz CT molecular complexity index is 557. The Labute approximate surface area is 121 Å². The summed E-state index contributed by atoms with van der Waals surface area (Å²) in [5, 5.41) is -0.200. The maximum absolute atomic E-state index is 11.8. The minimum atomic E-state index is -2.94. The number of nitrogens with zero attached hydrogens (tertiary/aromatic N) is 1. The lowest BCUT2D eigenvalue weighted by Crippen LogP contribution is -2.40. The van der Waals surface area contributed by atoms with E-state index in [0.717, 1.165) is 30.5 Å². The molecule has 0 heterocycles. The van der Waals surface area contributed by atoms with Crippen LogP contribution in [0.2, 0.25) is 0 Å². The van der Waals surface area contributed by atoms with Crippen molar-refractivity contribution in [3.8, 4) is 0 Å². The lowest BCUT2D eigenvalue weighted by Gasteiger charge is -2.37. The van der Waals surface area contributed by atoms with Crippen molar-refractivity contribution in [2.24, 2.45) is 5.73 Å². The number of rotatable bonds is 4. The normalized spacial score (nSPS) is 23.6. The Morgan fingerprint density at radius 1 is 1.30 bits per heavy atom. The number of anilines is 1. The largest absolute Gasteiger partial charge is 0.371 e. The molecule has 20 heavy (non-hydrogen) atoms. The molecular formula is C15H24N2O2S. The second-order valence-electron chi connectivity index (χ2n) is 5.72. The van der Waals surface area contributed by atoms with E-state index in [4.69, 9.17) is 5.73 Å². The van der Waals surface area contributed by atoms with Crippen molar-refractivity contribution < 1.29 is 8.42 Å². The topological polar surface area (TPSA) is 63.4 Å². The summed E-state index contributed by atoms with van der Waals surface area (Å²) in [5.41, 5.74) is 8.02. The fourth-order valence-corrected chi connectivity index (χ4v) is 4.25. The molecule has 2 rings (SSSR count). The lowest BCUT2D eigenvalue weighted by atomic mass is 9.93. The van der Waals surface area contributed by atoms with Crippen molar-refractivity contribution >= 4 is 15.5 Å². The molecule has 2 N–H and O–H groups in total. The first kappa shape index (κ1) is 15.3. The SMILES string of the molecule is CN(c1ccccc1CN)C1CCCC(S(C)(=O)=O)C1. The van der Waals surface area contributed by atoms with Gasteiger partial charge in [0.1, 0.15) is 9.84 Å². The molecule has 1 aromatic carbocycles. The molecule has 0 amide bonds. The fraction of sp³-hybridized carbons (Fsp3) is 0.600. The van der Waals surface area contributed by atoms with Gasteiger partial charge in [-0.05, 0) is 30.9 Å². The maximum atomic E-state index is 11.8. The first-order chi connectivity index (χ1) is 9.43. The number of benzene rings is 1. The van der Waals surface area contributed by atoms with Gasteiger partial charge in [0.25, 0.3) is 0 Å². The average Bonchev–Trinajstić information content (AvgIpc) is 2.45. The highest BCUT2D eigenvalue weighted by atomic mass is 32.2. The van der Waals surface area contributed by atoms with Crippen LogP contribution in [0, 0.1) is 0 Å². The Balaban J connectivity index is 2.18. The molecule has 0 saturated heterocycles. The lowest BCUT2D eigenvalue weighted by molar-refractivity contribution is 0.422. The minimum Gasteiger partial charge on any atom is -0.371 e. The third kappa shape index (κ3) is 3.33. The van der Waals surface area contributed by atoms with Crippen LogP contribution in [0.1, 0.15) is 31.2 Å². The predicted octanol–water partition coefficient (Wildman–Crippen LogP) is 1.94. The molecule has 0 radical (unpaired) electrons. The predicted molar refractivity (Wildman–Crippen MR) is 83.6 cm³/mol. The minimum absolute atomic E-state index is 0.200. The third-order valence-electron chi connectivity index (χ3n) is 4.34. The van der Waals surface area contributed by atoms with Crippen LogP contribution in [0.25, 0.3) is 0 Å². The summed E-state index contributed by atoms with van der Waals surface area (Å²) in [5.74, 6) is 0. The molecule has 2 atom stereocenters. The van der Waals surface area contributed by atoms with Crippen LogP contribution in [0.15, 0.2) is 24.3 Å². The summed E-state index contributed by atoms with van der Waals surface area (Å²) in [7, 11) is -0.896. The number of sulfone groups is 1. The fourth-order valence-electron chi connectivity index (χ4n) is 3.09. The molecule has 2 unspecified atom stereocenters. The van der Waals surface area contributed by atoms with E-state index >= 15 is 0 Å². The van der Waals surface area contributed by atoms with Crippen molar-refractivity contribution in [3.05, 3.63) is 29.8 Å². The van der Waals surface area contributed by atoms with Gasteiger partial charge in [-0.2, -0.15) is 0 Å². The first-order valence-corrected chi connectivity index (χ1v) is 9.08. The number of hydrogen-bond acceptors (Lipinski definition) is 4. The zero-order valence-corrected chi connectivity index (χ0v) is 13.1. The highest BCUT2D eigenvalue weighted by Gasteiger charge is 2.31. The number of nitrogens with two attached hydrogens (primary N) is 1. The van der Waals surface area contributed by atoms with Gasteiger partial charge in [0.15, 0.2) is 0 Å².